The molecule has 0 aliphatic rings. The highest BCUT2D eigenvalue weighted by Gasteiger charge is 2.29. The van der Waals surface area contributed by atoms with Crippen LogP contribution in [0.5, 0.6) is 0 Å². The molecule has 0 aromatic rings. The van der Waals surface area contributed by atoms with Crippen molar-refractivity contribution in [3.63, 3.8) is 0 Å². The van der Waals surface area contributed by atoms with Gasteiger partial charge in [-0.1, -0.05) is 6.92 Å². The zero-order valence-electron chi connectivity index (χ0n) is 9.66. The molecule has 0 aliphatic heterocycles. The molecule has 0 amide bonds. The van der Waals surface area contributed by atoms with Crippen LogP contribution < -0.4 is 5.73 Å². The van der Waals surface area contributed by atoms with Crippen LogP contribution in [-0.4, -0.2) is 40.8 Å². The monoisotopic (exact) mass is 235 g/mol. The Bertz CT molecular complexity index is 197. The molecule has 0 heterocycles. The van der Waals surface area contributed by atoms with E-state index in [4.69, 9.17) is 15.6 Å². The van der Waals surface area contributed by atoms with Crippen LogP contribution >= 0.6 is 11.8 Å². The molecule has 3 N–H and O–H groups in total. The number of nitrogens with two attached hydrogens (primary N) is 1. The van der Waals surface area contributed by atoms with E-state index < -0.39 is 5.54 Å². The maximum Gasteiger partial charge on any atom is 0.325 e. The van der Waals surface area contributed by atoms with Gasteiger partial charge in [-0.05, 0) is 26.0 Å². The first-order valence-corrected chi connectivity index (χ1v) is 6.17. The van der Waals surface area contributed by atoms with Crippen molar-refractivity contribution >= 4 is 17.7 Å². The van der Waals surface area contributed by atoms with Gasteiger partial charge in [0.1, 0.15) is 5.54 Å². The van der Waals surface area contributed by atoms with E-state index in [2.05, 4.69) is 0 Å². The van der Waals surface area contributed by atoms with E-state index in [1.54, 1.807) is 25.6 Å². The summed E-state index contributed by atoms with van der Waals surface area (Å²) in [6.45, 7) is 5.87. The van der Waals surface area contributed by atoms with Gasteiger partial charge >= 0.3 is 5.97 Å². The van der Waals surface area contributed by atoms with Crippen LogP contribution in [0.15, 0.2) is 0 Å². The van der Waals surface area contributed by atoms with Crippen molar-refractivity contribution in [2.24, 2.45) is 5.73 Å². The molecule has 0 spiro atoms. The van der Waals surface area contributed by atoms with Gasteiger partial charge in [-0.15, -0.1) is 0 Å². The van der Waals surface area contributed by atoms with Crippen molar-refractivity contribution in [3.05, 3.63) is 0 Å². The van der Waals surface area contributed by atoms with E-state index in [9.17, 15) is 4.79 Å². The Morgan fingerprint density at radius 2 is 2.27 bits per heavy atom. The predicted octanol–water partition coefficient (Wildman–Crippen LogP) is 0.771. The van der Waals surface area contributed by atoms with E-state index in [1.165, 1.54) is 0 Å². The third kappa shape index (κ3) is 6.02. The van der Waals surface area contributed by atoms with Crippen LogP contribution in [0.2, 0.25) is 0 Å². The van der Waals surface area contributed by atoms with Crippen LogP contribution in [0.1, 0.15) is 27.2 Å². The molecule has 0 fully saturated rings. The van der Waals surface area contributed by atoms with Gasteiger partial charge < -0.3 is 15.6 Å². The maximum atomic E-state index is 11.4. The van der Waals surface area contributed by atoms with Gasteiger partial charge in [0.2, 0.25) is 0 Å². The highest BCUT2D eigenvalue weighted by atomic mass is 32.2. The summed E-state index contributed by atoms with van der Waals surface area (Å²) in [4.78, 5) is 11.4. The average Bonchev–Trinajstić information content (AvgIpc) is 2.17. The molecule has 0 aromatic heterocycles. The molecule has 0 radical (unpaired) electrons. The lowest BCUT2D eigenvalue weighted by molar-refractivity contribution is -0.149. The van der Waals surface area contributed by atoms with Gasteiger partial charge in [0.15, 0.2) is 0 Å². The Morgan fingerprint density at radius 1 is 1.67 bits per heavy atom. The molecule has 15 heavy (non-hydrogen) atoms. The summed E-state index contributed by atoms with van der Waals surface area (Å²) in [5.74, 6) is 0.385. The number of carbonyl (C=O) groups excluding carboxylic acids is 1. The minimum Gasteiger partial charge on any atom is -0.465 e. The van der Waals surface area contributed by atoms with Crippen LogP contribution in [-0.2, 0) is 9.53 Å². The fourth-order valence-corrected chi connectivity index (χ4v) is 1.97. The highest BCUT2D eigenvalue weighted by Crippen LogP contribution is 2.16. The summed E-state index contributed by atoms with van der Waals surface area (Å²) < 4.78 is 4.87. The Morgan fingerprint density at radius 3 is 2.73 bits per heavy atom. The number of hydrogen-bond donors (Lipinski definition) is 2. The highest BCUT2D eigenvalue weighted by molar-refractivity contribution is 7.99. The third-order valence-electron chi connectivity index (χ3n) is 2.02. The van der Waals surface area contributed by atoms with Crippen molar-refractivity contribution in [3.8, 4) is 0 Å². The van der Waals surface area contributed by atoms with Crippen molar-refractivity contribution in [1.29, 1.82) is 0 Å². The normalized spacial score (nSPS) is 16.9. The second kappa shape index (κ2) is 7.09. The van der Waals surface area contributed by atoms with Gasteiger partial charge in [-0.2, -0.15) is 11.8 Å². The number of ether oxygens (including phenoxy) is 1. The first-order chi connectivity index (χ1) is 6.94. The van der Waals surface area contributed by atoms with Crippen LogP contribution in [0.3, 0.4) is 0 Å². The fraction of sp³-hybridized carbons (Fsp3) is 0.900. The Hall–Kier alpha value is -0.260. The van der Waals surface area contributed by atoms with Gasteiger partial charge in [-0.3, -0.25) is 4.79 Å². The van der Waals surface area contributed by atoms with E-state index in [0.29, 0.717) is 13.0 Å². The summed E-state index contributed by atoms with van der Waals surface area (Å²) in [6, 6.07) is 0. The van der Waals surface area contributed by atoms with E-state index in [-0.39, 0.29) is 17.8 Å². The lowest BCUT2D eigenvalue weighted by atomic mass is 10.0. The number of hydrogen-bond acceptors (Lipinski definition) is 5. The molecule has 0 aromatic carbocycles. The van der Waals surface area contributed by atoms with Crippen molar-refractivity contribution in [2.45, 2.75) is 38.0 Å². The Labute approximate surface area is 95.6 Å². The molecule has 5 heteroatoms. The molecule has 0 bridgehead atoms. The SMILES string of the molecule is CCOC(=O)C(C)(N)CCSC(C)CO. The lowest BCUT2D eigenvalue weighted by Gasteiger charge is -2.22. The van der Waals surface area contributed by atoms with Gasteiger partial charge in [0.05, 0.1) is 13.2 Å². The van der Waals surface area contributed by atoms with Crippen LogP contribution in [0.25, 0.3) is 0 Å². The average molecular weight is 235 g/mol. The number of aliphatic hydroxyl groups excluding tert-OH is 1. The second-order valence-electron chi connectivity index (χ2n) is 3.75. The molecule has 90 valence electrons. The van der Waals surface area contributed by atoms with E-state index in [1.807, 2.05) is 6.92 Å². The predicted molar refractivity (Wildman–Crippen MR) is 62.8 cm³/mol. The second-order valence-corrected chi connectivity index (χ2v) is 5.30. The number of thioether (sulfide) groups is 1. The molecule has 0 saturated heterocycles. The zero-order chi connectivity index (χ0) is 11.9. The summed E-state index contributed by atoms with van der Waals surface area (Å²) >= 11 is 1.60. The van der Waals surface area contributed by atoms with Gasteiger partial charge in [0.25, 0.3) is 0 Å². The standard InChI is InChI=1S/C10H21NO3S/c1-4-14-9(13)10(3,11)5-6-15-8(2)7-12/h8,12H,4-7,11H2,1-3H3. The Kier molecular flexibility index (Phi) is 6.96. The molecule has 4 nitrogen and oxygen atoms in total. The van der Waals surface area contributed by atoms with Crippen LogP contribution in [0.4, 0.5) is 0 Å². The summed E-state index contributed by atoms with van der Waals surface area (Å²) in [6.07, 6.45) is 0.556. The minimum atomic E-state index is -0.918. The number of rotatable bonds is 7. The number of aliphatic hydroxyl groups is 1. The molecule has 0 saturated carbocycles. The first kappa shape index (κ1) is 14.7. The third-order valence-corrected chi connectivity index (χ3v) is 3.18. The molecule has 0 aliphatic carbocycles. The van der Waals surface area contributed by atoms with Crippen molar-refractivity contribution in [2.75, 3.05) is 19.0 Å². The van der Waals surface area contributed by atoms with E-state index >= 15 is 0 Å². The molecular weight excluding hydrogens is 214 g/mol. The van der Waals surface area contributed by atoms with E-state index in [0.717, 1.165) is 5.75 Å². The summed E-state index contributed by atoms with van der Waals surface area (Å²) in [7, 11) is 0. The Balaban J connectivity index is 3.87. The largest absolute Gasteiger partial charge is 0.465 e. The van der Waals surface area contributed by atoms with Crippen LogP contribution in [0, 0.1) is 0 Å². The fourth-order valence-electron chi connectivity index (χ4n) is 0.923. The minimum absolute atomic E-state index is 0.144. The van der Waals surface area contributed by atoms with Gasteiger partial charge in [-0.25, -0.2) is 0 Å². The van der Waals surface area contributed by atoms with Crippen molar-refractivity contribution < 1.29 is 14.6 Å². The smallest absolute Gasteiger partial charge is 0.325 e. The van der Waals surface area contributed by atoms with Gasteiger partial charge in [0, 0.05) is 5.25 Å². The van der Waals surface area contributed by atoms with Crippen molar-refractivity contribution in [1.82, 2.24) is 0 Å². The zero-order valence-corrected chi connectivity index (χ0v) is 10.5. The first-order valence-electron chi connectivity index (χ1n) is 5.12. The maximum absolute atomic E-state index is 11.4. The molecule has 0 rings (SSSR count). The number of carbonyl (C=O) groups is 1. The topological polar surface area (TPSA) is 72.5 Å². The molecule has 2 unspecified atom stereocenters. The number of esters is 1. The quantitative estimate of drug-likeness (QED) is 0.638. The summed E-state index contributed by atoms with van der Waals surface area (Å²) in [5.41, 5.74) is 4.91. The molecular formula is C10H21NO3S. The summed E-state index contributed by atoms with van der Waals surface area (Å²) in [5, 5.41) is 9.00. The molecule has 2 atom stereocenters. The lowest BCUT2D eigenvalue weighted by Crippen LogP contribution is -2.46.